The third-order valence-electron chi connectivity index (χ3n) is 5.83. The third-order valence-corrected chi connectivity index (χ3v) is 6.08. The molecule has 194 valence electrons. The van der Waals surface area contributed by atoms with Crippen LogP contribution in [0.5, 0.6) is 5.75 Å². The first kappa shape index (κ1) is 26.7. The molecule has 0 saturated carbocycles. The van der Waals surface area contributed by atoms with Crippen molar-refractivity contribution < 1.29 is 19.4 Å². The summed E-state index contributed by atoms with van der Waals surface area (Å²) in [5, 5.41) is 16.2. The Labute approximate surface area is 226 Å². The number of ether oxygens (including phenoxy) is 1. The van der Waals surface area contributed by atoms with Gasteiger partial charge in [0.2, 0.25) is 0 Å². The topological polar surface area (TPSA) is 101 Å². The molecule has 1 heterocycles. The largest absolute Gasteiger partial charge is 0.494 e. The molecule has 38 heavy (non-hydrogen) atoms. The predicted molar refractivity (Wildman–Crippen MR) is 149 cm³/mol. The van der Waals surface area contributed by atoms with Crippen LogP contribution in [0.1, 0.15) is 34.8 Å². The highest BCUT2D eigenvalue weighted by molar-refractivity contribution is 6.30. The second kappa shape index (κ2) is 13.3. The molecule has 0 bridgehead atoms. The van der Waals surface area contributed by atoms with E-state index >= 15 is 0 Å². The number of pyridine rings is 1. The van der Waals surface area contributed by atoms with Crippen molar-refractivity contribution in [1.82, 2.24) is 10.3 Å². The van der Waals surface area contributed by atoms with Crippen LogP contribution in [0.2, 0.25) is 5.02 Å². The van der Waals surface area contributed by atoms with Gasteiger partial charge in [-0.05, 0) is 65.6 Å². The van der Waals surface area contributed by atoms with Crippen LogP contribution in [0.4, 0.5) is 5.82 Å². The van der Waals surface area contributed by atoms with Crippen molar-refractivity contribution in [3.05, 3.63) is 113 Å². The van der Waals surface area contributed by atoms with Crippen LogP contribution in [0, 0.1) is 0 Å². The molecule has 0 saturated heterocycles. The molecule has 1 unspecified atom stereocenters. The van der Waals surface area contributed by atoms with Gasteiger partial charge in [0.05, 0.1) is 19.1 Å². The van der Waals surface area contributed by atoms with E-state index in [2.05, 4.69) is 15.6 Å². The van der Waals surface area contributed by atoms with E-state index in [1.54, 1.807) is 30.5 Å². The van der Waals surface area contributed by atoms with Gasteiger partial charge in [-0.25, -0.2) is 4.98 Å². The molecule has 0 radical (unpaired) electrons. The summed E-state index contributed by atoms with van der Waals surface area (Å²) in [6.07, 6.45) is 2.23. The number of anilines is 1. The number of benzene rings is 3. The van der Waals surface area contributed by atoms with E-state index in [0.29, 0.717) is 35.1 Å². The Bertz CT molecular complexity index is 1350. The Morgan fingerprint density at radius 2 is 1.66 bits per heavy atom. The van der Waals surface area contributed by atoms with Gasteiger partial charge in [-0.3, -0.25) is 9.59 Å². The van der Waals surface area contributed by atoms with E-state index in [4.69, 9.17) is 16.3 Å². The number of carboxylic acid groups (broad SMARTS) is 1. The number of aliphatic carboxylic acids is 1. The van der Waals surface area contributed by atoms with E-state index in [9.17, 15) is 14.7 Å². The van der Waals surface area contributed by atoms with Gasteiger partial charge in [-0.2, -0.15) is 0 Å². The van der Waals surface area contributed by atoms with Crippen LogP contribution in [0.15, 0.2) is 97.2 Å². The number of carbonyl (C=O) groups is 2. The van der Waals surface area contributed by atoms with Crippen LogP contribution in [0.3, 0.4) is 0 Å². The lowest BCUT2D eigenvalue weighted by atomic mass is 9.98. The first-order valence-electron chi connectivity index (χ1n) is 12.2. The van der Waals surface area contributed by atoms with Gasteiger partial charge in [0, 0.05) is 23.3 Å². The monoisotopic (exact) mass is 529 g/mol. The molecule has 1 atom stereocenters. The number of halogens is 1. The van der Waals surface area contributed by atoms with Gasteiger partial charge in [0.1, 0.15) is 11.6 Å². The average Bonchev–Trinajstić information content (AvgIpc) is 2.93. The van der Waals surface area contributed by atoms with E-state index in [-0.39, 0.29) is 12.3 Å². The van der Waals surface area contributed by atoms with Crippen LogP contribution in [-0.2, 0) is 4.79 Å². The second-order valence-corrected chi connectivity index (χ2v) is 9.06. The lowest BCUT2D eigenvalue weighted by Gasteiger charge is -2.18. The first-order valence-corrected chi connectivity index (χ1v) is 12.6. The zero-order valence-electron chi connectivity index (χ0n) is 20.6. The standard InChI is InChI=1S/C30H28ClN3O4/c31-25-14-12-22(13-15-25)21-8-10-23(11-9-21)27(20-29(35)36)34-30(37)24-5-3-6-26(19-24)38-18-4-17-33-28-7-1-2-16-32-28/h1-3,5-16,19,27H,4,17-18,20H2,(H,32,33)(H,34,37)(H,35,36). The van der Waals surface area contributed by atoms with E-state index in [1.165, 1.54) is 0 Å². The lowest BCUT2D eigenvalue weighted by molar-refractivity contribution is -0.137. The molecule has 1 amide bonds. The Kier molecular flexibility index (Phi) is 9.32. The molecular formula is C30H28ClN3O4. The van der Waals surface area contributed by atoms with Crippen molar-refractivity contribution in [2.24, 2.45) is 0 Å². The maximum atomic E-state index is 13.0. The molecule has 4 rings (SSSR count). The minimum Gasteiger partial charge on any atom is -0.494 e. The van der Waals surface area contributed by atoms with Gasteiger partial charge in [-0.15, -0.1) is 0 Å². The molecule has 7 nitrogen and oxygen atoms in total. The highest BCUT2D eigenvalue weighted by Crippen LogP contribution is 2.25. The van der Waals surface area contributed by atoms with Gasteiger partial charge in [-0.1, -0.05) is 60.1 Å². The highest BCUT2D eigenvalue weighted by Gasteiger charge is 2.19. The van der Waals surface area contributed by atoms with E-state index in [0.717, 1.165) is 23.4 Å². The number of hydrogen-bond acceptors (Lipinski definition) is 5. The number of aromatic nitrogens is 1. The number of carboxylic acids is 1. The Morgan fingerprint density at radius 1 is 0.921 bits per heavy atom. The van der Waals surface area contributed by atoms with E-state index in [1.807, 2.05) is 66.7 Å². The molecule has 3 N–H and O–H groups in total. The van der Waals surface area contributed by atoms with Gasteiger partial charge in [0.15, 0.2) is 0 Å². The van der Waals surface area contributed by atoms with Crippen molar-refractivity contribution in [2.75, 3.05) is 18.5 Å². The van der Waals surface area contributed by atoms with Gasteiger partial charge in [0.25, 0.3) is 5.91 Å². The molecule has 8 heteroatoms. The maximum Gasteiger partial charge on any atom is 0.305 e. The molecule has 1 aromatic heterocycles. The minimum absolute atomic E-state index is 0.245. The summed E-state index contributed by atoms with van der Waals surface area (Å²) >= 11 is 5.97. The molecular weight excluding hydrogens is 502 g/mol. The number of rotatable bonds is 12. The molecule has 0 aliphatic heterocycles. The van der Waals surface area contributed by atoms with Crippen LogP contribution in [-0.4, -0.2) is 35.1 Å². The Hall–Kier alpha value is -4.36. The third kappa shape index (κ3) is 7.82. The number of nitrogens with one attached hydrogen (secondary N) is 2. The molecule has 0 aliphatic rings. The zero-order chi connectivity index (χ0) is 26.7. The Balaban J connectivity index is 1.35. The SMILES string of the molecule is O=C(O)CC(NC(=O)c1cccc(OCCCNc2ccccn2)c1)c1ccc(-c2ccc(Cl)cc2)cc1. The van der Waals surface area contributed by atoms with Crippen molar-refractivity contribution in [2.45, 2.75) is 18.9 Å². The first-order chi connectivity index (χ1) is 18.5. The summed E-state index contributed by atoms with van der Waals surface area (Å²) in [6, 6.07) is 26.8. The summed E-state index contributed by atoms with van der Waals surface area (Å²) in [7, 11) is 0. The summed E-state index contributed by atoms with van der Waals surface area (Å²) in [6.45, 7) is 1.16. The lowest BCUT2D eigenvalue weighted by Crippen LogP contribution is -2.30. The molecule has 0 fully saturated rings. The average molecular weight is 530 g/mol. The second-order valence-electron chi connectivity index (χ2n) is 8.62. The predicted octanol–water partition coefficient (Wildman–Crippen LogP) is 6.23. The van der Waals surface area contributed by atoms with Crippen molar-refractivity contribution in [3.63, 3.8) is 0 Å². The van der Waals surface area contributed by atoms with Crippen molar-refractivity contribution in [1.29, 1.82) is 0 Å². The fourth-order valence-electron chi connectivity index (χ4n) is 3.89. The van der Waals surface area contributed by atoms with Gasteiger partial charge < -0.3 is 20.5 Å². The molecule has 4 aromatic rings. The molecule has 3 aromatic carbocycles. The number of hydrogen-bond donors (Lipinski definition) is 3. The summed E-state index contributed by atoms with van der Waals surface area (Å²) in [5.74, 6) is -0.00642. The fourth-order valence-corrected chi connectivity index (χ4v) is 4.02. The summed E-state index contributed by atoms with van der Waals surface area (Å²) in [5.41, 5.74) is 3.04. The van der Waals surface area contributed by atoms with Crippen molar-refractivity contribution in [3.8, 4) is 16.9 Å². The van der Waals surface area contributed by atoms with Gasteiger partial charge >= 0.3 is 5.97 Å². The normalized spacial score (nSPS) is 11.4. The number of nitrogens with zero attached hydrogens (tertiary/aromatic N) is 1. The zero-order valence-corrected chi connectivity index (χ0v) is 21.4. The smallest absolute Gasteiger partial charge is 0.305 e. The van der Waals surface area contributed by atoms with Crippen LogP contribution >= 0.6 is 11.6 Å². The highest BCUT2D eigenvalue weighted by atomic mass is 35.5. The summed E-state index contributed by atoms with van der Waals surface area (Å²) in [4.78, 5) is 28.8. The van der Waals surface area contributed by atoms with Crippen molar-refractivity contribution >= 4 is 29.3 Å². The summed E-state index contributed by atoms with van der Waals surface area (Å²) < 4.78 is 5.81. The number of amides is 1. The maximum absolute atomic E-state index is 13.0. The van der Waals surface area contributed by atoms with E-state index < -0.39 is 12.0 Å². The quantitative estimate of drug-likeness (QED) is 0.188. The fraction of sp³-hybridized carbons (Fsp3) is 0.167. The molecule has 0 aliphatic carbocycles. The number of carbonyl (C=O) groups excluding carboxylic acids is 1. The Morgan fingerprint density at radius 3 is 2.34 bits per heavy atom. The van der Waals surface area contributed by atoms with Crippen LogP contribution < -0.4 is 15.4 Å². The molecule has 0 spiro atoms. The minimum atomic E-state index is -1.01. The van der Waals surface area contributed by atoms with Crippen LogP contribution in [0.25, 0.3) is 11.1 Å².